The Bertz CT molecular complexity index is 678. The number of benzene rings is 1. The molecule has 1 aromatic carbocycles. The zero-order valence-corrected chi connectivity index (χ0v) is 14.0. The number of nitrogens with one attached hydrogen (secondary N) is 1. The molecule has 22 heavy (non-hydrogen) atoms. The van der Waals surface area contributed by atoms with Crippen LogP contribution >= 0.6 is 15.9 Å². The molecule has 0 atom stereocenters. The minimum absolute atomic E-state index is 0.252. The van der Waals surface area contributed by atoms with Crippen molar-refractivity contribution in [2.75, 3.05) is 18.4 Å². The summed E-state index contributed by atoms with van der Waals surface area (Å²) in [5.74, 6) is 0.484. The molecule has 1 fully saturated rings. The Morgan fingerprint density at radius 2 is 2.14 bits per heavy atom. The SMILES string of the molecule is Cc1cc(NC(=O)c2cc(CN3CCCC3)on2)ccc1Br. The molecule has 2 heterocycles. The molecule has 1 aromatic heterocycles. The smallest absolute Gasteiger partial charge is 0.277 e. The van der Waals surface area contributed by atoms with Crippen LogP contribution in [0.4, 0.5) is 5.69 Å². The Morgan fingerprint density at radius 1 is 1.36 bits per heavy atom. The van der Waals surface area contributed by atoms with Crippen LogP contribution in [0.1, 0.15) is 34.7 Å². The van der Waals surface area contributed by atoms with Crippen LogP contribution in [0.3, 0.4) is 0 Å². The monoisotopic (exact) mass is 363 g/mol. The molecule has 0 unspecified atom stereocenters. The predicted molar refractivity (Wildman–Crippen MR) is 87.8 cm³/mol. The third-order valence-corrected chi connectivity index (χ3v) is 4.68. The first-order chi connectivity index (χ1) is 10.6. The molecule has 6 heteroatoms. The Morgan fingerprint density at radius 3 is 2.86 bits per heavy atom. The third-order valence-electron chi connectivity index (χ3n) is 3.79. The van der Waals surface area contributed by atoms with Crippen LogP contribution in [0.25, 0.3) is 0 Å². The number of hydrogen-bond acceptors (Lipinski definition) is 4. The maximum atomic E-state index is 12.2. The highest BCUT2D eigenvalue weighted by Crippen LogP contribution is 2.20. The van der Waals surface area contributed by atoms with E-state index in [4.69, 9.17) is 4.52 Å². The summed E-state index contributed by atoms with van der Waals surface area (Å²) in [4.78, 5) is 14.5. The largest absolute Gasteiger partial charge is 0.359 e. The molecule has 1 aliphatic heterocycles. The van der Waals surface area contributed by atoms with Crippen molar-refractivity contribution in [1.82, 2.24) is 10.1 Å². The van der Waals surface area contributed by atoms with Crippen LogP contribution in [0.2, 0.25) is 0 Å². The van der Waals surface area contributed by atoms with Gasteiger partial charge in [0.05, 0.1) is 6.54 Å². The fourth-order valence-electron chi connectivity index (χ4n) is 2.57. The molecule has 2 aromatic rings. The number of hydrogen-bond donors (Lipinski definition) is 1. The van der Waals surface area contributed by atoms with Gasteiger partial charge in [-0.25, -0.2) is 0 Å². The molecule has 5 nitrogen and oxygen atoms in total. The van der Waals surface area contributed by atoms with E-state index < -0.39 is 0 Å². The zero-order chi connectivity index (χ0) is 15.5. The van der Waals surface area contributed by atoms with E-state index in [-0.39, 0.29) is 5.91 Å². The lowest BCUT2D eigenvalue weighted by Crippen LogP contribution is -2.18. The summed E-state index contributed by atoms with van der Waals surface area (Å²) < 4.78 is 6.28. The van der Waals surface area contributed by atoms with Gasteiger partial charge < -0.3 is 9.84 Å². The van der Waals surface area contributed by atoms with Crippen LogP contribution in [0.5, 0.6) is 0 Å². The van der Waals surface area contributed by atoms with Crippen LogP contribution in [-0.2, 0) is 6.54 Å². The van der Waals surface area contributed by atoms with Crippen LogP contribution in [-0.4, -0.2) is 29.1 Å². The molecule has 1 aliphatic rings. The molecule has 0 bridgehead atoms. The standard InChI is InChI=1S/C16H18BrN3O2/c1-11-8-12(4-5-14(11)17)18-16(21)15-9-13(22-19-15)10-20-6-2-3-7-20/h4-5,8-9H,2-3,6-7,10H2,1H3,(H,18,21). The van der Waals surface area contributed by atoms with E-state index in [1.165, 1.54) is 12.8 Å². The molecule has 1 N–H and O–H groups in total. The van der Waals surface area contributed by atoms with E-state index >= 15 is 0 Å². The number of anilines is 1. The zero-order valence-electron chi connectivity index (χ0n) is 12.4. The number of halogens is 1. The van der Waals surface area contributed by atoms with Gasteiger partial charge in [-0.2, -0.15) is 0 Å². The molecule has 0 spiro atoms. The molecular formula is C16H18BrN3O2. The fraction of sp³-hybridized carbons (Fsp3) is 0.375. The third kappa shape index (κ3) is 3.56. The summed E-state index contributed by atoms with van der Waals surface area (Å²) >= 11 is 3.44. The summed E-state index contributed by atoms with van der Waals surface area (Å²) in [7, 11) is 0. The van der Waals surface area contributed by atoms with Crippen molar-refractivity contribution in [1.29, 1.82) is 0 Å². The van der Waals surface area contributed by atoms with Gasteiger partial charge in [0.2, 0.25) is 0 Å². The van der Waals surface area contributed by atoms with E-state index in [0.29, 0.717) is 5.69 Å². The summed E-state index contributed by atoms with van der Waals surface area (Å²) in [6.07, 6.45) is 2.45. The fourth-order valence-corrected chi connectivity index (χ4v) is 2.82. The lowest BCUT2D eigenvalue weighted by Gasteiger charge is -2.10. The van der Waals surface area contributed by atoms with Crippen LogP contribution < -0.4 is 5.32 Å². The molecule has 0 radical (unpaired) electrons. The van der Waals surface area contributed by atoms with Crippen molar-refractivity contribution in [3.8, 4) is 0 Å². The quantitative estimate of drug-likeness (QED) is 0.901. The summed E-state index contributed by atoms with van der Waals surface area (Å²) in [6.45, 7) is 4.86. The van der Waals surface area contributed by atoms with Gasteiger partial charge in [-0.1, -0.05) is 21.1 Å². The number of carbonyl (C=O) groups is 1. The van der Waals surface area contributed by atoms with Crippen molar-refractivity contribution in [3.05, 3.63) is 45.8 Å². The summed E-state index contributed by atoms with van der Waals surface area (Å²) in [6, 6.07) is 7.39. The van der Waals surface area contributed by atoms with E-state index in [9.17, 15) is 4.79 Å². The maximum absolute atomic E-state index is 12.2. The molecule has 1 saturated heterocycles. The number of nitrogens with zero attached hydrogens (tertiary/aromatic N) is 2. The molecule has 1 amide bonds. The topological polar surface area (TPSA) is 58.4 Å². The highest BCUT2D eigenvalue weighted by Gasteiger charge is 2.17. The summed E-state index contributed by atoms with van der Waals surface area (Å²) in [5, 5.41) is 6.71. The van der Waals surface area contributed by atoms with E-state index in [1.807, 2.05) is 25.1 Å². The normalized spacial score (nSPS) is 15.2. The molecule has 0 saturated carbocycles. The van der Waals surface area contributed by atoms with Gasteiger partial charge >= 0.3 is 0 Å². The minimum Gasteiger partial charge on any atom is -0.359 e. The number of amides is 1. The number of carbonyl (C=O) groups excluding carboxylic acids is 1. The van der Waals surface area contributed by atoms with Gasteiger partial charge in [-0.15, -0.1) is 0 Å². The Hall–Kier alpha value is -1.66. The van der Waals surface area contributed by atoms with Crippen molar-refractivity contribution in [2.24, 2.45) is 0 Å². The van der Waals surface area contributed by atoms with Gasteiger partial charge in [0, 0.05) is 16.2 Å². The Labute approximate surface area is 137 Å². The van der Waals surface area contributed by atoms with Gasteiger partial charge in [0.15, 0.2) is 11.5 Å². The van der Waals surface area contributed by atoms with E-state index in [0.717, 1.165) is 41.1 Å². The van der Waals surface area contributed by atoms with Crippen LogP contribution in [0.15, 0.2) is 33.3 Å². The van der Waals surface area contributed by atoms with Crippen molar-refractivity contribution >= 4 is 27.5 Å². The van der Waals surface area contributed by atoms with Crippen LogP contribution in [0, 0.1) is 6.92 Å². The molecule has 0 aliphatic carbocycles. The average Bonchev–Trinajstić information content (AvgIpc) is 3.15. The first-order valence-corrected chi connectivity index (χ1v) is 8.16. The second-order valence-electron chi connectivity index (χ2n) is 5.58. The number of rotatable bonds is 4. The Kier molecular flexibility index (Phi) is 4.59. The number of likely N-dealkylation sites (tertiary alicyclic amines) is 1. The van der Waals surface area contributed by atoms with Crippen molar-refractivity contribution in [2.45, 2.75) is 26.3 Å². The summed E-state index contributed by atoms with van der Waals surface area (Å²) in [5.41, 5.74) is 2.12. The van der Waals surface area contributed by atoms with Crippen molar-refractivity contribution in [3.63, 3.8) is 0 Å². The van der Waals surface area contributed by atoms with E-state index in [1.54, 1.807) is 6.07 Å². The van der Waals surface area contributed by atoms with Gasteiger partial charge in [-0.05, 0) is 56.6 Å². The van der Waals surface area contributed by atoms with Gasteiger partial charge in [-0.3, -0.25) is 9.69 Å². The molecule has 3 rings (SSSR count). The minimum atomic E-state index is -0.252. The second kappa shape index (κ2) is 6.62. The Balaban J connectivity index is 1.64. The van der Waals surface area contributed by atoms with Gasteiger partial charge in [0.25, 0.3) is 5.91 Å². The van der Waals surface area contributed by atoms with E-state index in [2.05, 4.69) is 31.3 Å². The average molecular weight is 364 g/mol. The number of aromatic nitrogens is 1. The predicted octanol–water partition coefficient (Wildman–Crippen LogP) is 3.59. The highest BCUT2D eigenvalue weighted by molar-refractivity contribution is 9.10. The molecular weight excluding hydrogens is 346 g/mol. The van der Waals surface area contributed by atoms with Gasteiger partial charge in [0.1, 0.15) is 0 Å². The van der Waals surface area contributed by atoms with Crippen molar-refractivity contribution < 1.29 is 9.32 Å². The maximum Gasteiger partial charge on any atom is 0.277 e. The number of aryl methyl sites for hydroxylation is 1. The first-order valence-electron chi connectivity index (χ1n) is 7.37. The highest BCUT2D eigenvalue weighted by atomic mass is 79.9. The lowest BCUT2D eigenvalue weighted by atomic mass is 10.2. The lowest BCUT2D eigenvalue weighted by molar-refractivity contribution is 0.101. The molecule has 116 valence electrons. The first kappa shape index (κ1) is 15.2. The second-order valence-corrected chi connectivity index (χ2v) is 6.43.